The first-order chi connectivity index (χ1) is 17.0. The lowest BCUT2D eigenvalue weighted by Crippen LogP contribution is -2.29. The molecule has 3 heterocycles. The van der Waals surface area contributed by atoms with E-state index in [0.29, 0.717) is 27.8 Å². The fourth-order valence-electron chi connectivity index (χ4n) is 4.26. The van der Waals surface area contributed by atoms with Crippen molar-refractivity contribution >= 4 is 29.0 Å². The number of nitrogens with one attached hydrogen (secondary N) is 1. The van der Waals surface area contributed by atoms with Crippen LogP contribution in [0.15, 0.2) is 83.4 Å². The second kappa shape index (κ2) is 9.31. The van der Waals surface area contributed by atoms with E-state index in [1.807, 2.05) is 47.4 Å². The highest BCUT2D eigenvalue weighted by Gasteiger charge is 2.42. The molecule has 4 aromatic rings. The molecule has 1 N–H and O–H groups in total. The number of aryl methyl sites for hydroxylation is 1. The minimum Gasteiger partial charge on any atom is -0.465 e. The lowest BCUT2D eigenvalue weighted by Gasteiger charge is -2.26. The lowest BCUT2D eigenvalue weighted by molar-refractivity contribution is 0.0600. The Kier molecular flexibility index (Phi) is 6.05. The molecule has 0 amide bonds. The highest BCUT2D eigenvalue weighted by Crippen LogP contribution is 2.43. The van der Waals surface area contributed by atoms with Crippen LogP contribution in [0.1, 0.15) is 39.5 Å². The zero-order chi connectivity index (χ0) is 24.5. The molecule has 1 saturated heterocycles. The Hall–Kier alpha value is -4.04. The van der Waals surface area contributed by atoms with E-state index in [1.165, 1.54) is 13.2 Å². The number of nitrogens with zero attached hydrogens (tertiary/aromatic N) is 2. The molecule has 176 valence electrons. The van der Waals surface area contributed by atoms with Crippen molar-refractivity contribution in [3.8, 4) is 11.3 Å². The summed E-state index contributed by atoms with van der Waals surface area (Å²) in [4.78, 5) is 18.2. The molecule has 2 aromatic heterocycles. The molecule has 8 heteroatoms. The number of carbonyl (C=O) groups is 1. The maximum absolute atomic E-state index is 14.0. The number of rotatable bonds is 5. The van der Waals surface area contributed by atoms with Gasteiger partial charge in [0, 0.05) is 17.4 Å². The van der Waals surface area contributed by atoms with E-state index in [4.69, 9.17) is 21.4 Å². The van der Waals surface area contributed by atoms with Crippen LogP contribution in [0.4, 0.5) is 10.1 Å². The molecular weight excluding hydrogens is 465 g/mol. The predicted octanol–water partition coefficient (Wildman–Crippen LogP) is 5.75. The van der Waals surface area contributed by atoms with Gasteiger partial charge in [0.25, 0.3) is 0 Å². The average molecular weight is 488 g/mol. The molecule has 0 aliphatic carbocycles. The van der Waals surface area contributed by atoms with Gasteiger partial charge in [-0.15, -0.1) is 0 Å². The first kappa shape index (κ1) is 22.7. The van der Waals surface area contributed by atoms with Crippen molar-refractivity contribution in [3.05, 3.63) is 107 Å². The van der Waals surface area contributed by atoms with Gasteiger partial charge in [0.05, 0.1) is 24.4 Å². The number of halogens is 1. The smallest absolute Gasteiger partial charge is 0.337 e. The van der Waals surface area contributed by atoms with Gasteiger partial charge in [0.2, 0.25) is 0 Å². The molecule has 0 radical (unpaired) electrons. The van der Waals surface area contributed by atoms with Crippen LogP contribution < -0.4 is 10.2 Å². The van der Waals surface area contributed by atoms with Crippen molar-refractivity contribution in [1.29, 1.82) is 0 Å². The highest BCUT2D eigenvalue weighted by molar-refractivity contribution is 7.80. The Labute approximate surface area is 207 Å². The first-order valence-electron chi connectivity index (χ1n) is 11.0. The quantitative estimate of drug-likeness (QED) is 0.284. The van der Waals surface area contributed by atoms with Gasteiger partial charge in [-0.25, -0.2) is 9.18 Å². The molecule has 0 bridgehead atoms. The fourth-order valence-corrected chi connectivity index (χ4v) is 4.60. The summed E-state index contributed by atoms with van der Waals surface area (Å²) in [7, 11) is 1.35. The van der Waals surface area contributed by atoms with Crippen LogP contribution in [0.3, 0.4) is 0 Å². The monoisotopic (exact) mass is 487 g/mol. The van der Waals surface area contributed by atoms with Crippen LogP contribution >= 0.6 is 12.2 Å². The summed E-state index contributed by atoms with van der Waals surface area (Å²) in [6.45, 7) is 1.72. The number of thiocarbonyl (C=S) groups is 1. The van der Waals surface area contributed by atoms with Gasteiger partial charge in [0.15, 0.2) is 5.11 Å². The standard InChI is InChI=1S/C27H22FN3O3S/c1-16-15-19(10-11-20(16)28)31-25(24(30-27(31)35)21-5-3-4-14-29-21)23-13-12-22(34-23)17-6-8-18(9-7-17)26(32)33-2/h3-15,24-25H,1-2H3,(H,30,35)/t24-,25-/m0/s1. The van der Waals surface area contributed by atoms with Gasteiger partial charge in [0.1, 0.15) is 23.4 Å². The van der Waals surface area contributed by atoms with Crippen LogP contribution in [0, 0.1) is 12.7 Å². The number of pyridine rings is 1. The minimum absolute atomic E-state index is 0.277. The number of hydrogen-bond donors (Lipinski definition) is 1. The molecule has 1 aliphatic rings. The van der Waals surface area contributed by atoms with Crippen LogP contribution in [-0.2, 0) is 4.74 Å². The third-order valence-electron chi connectivity index (χ3n) is 6.03. The molecule has 0 spiro atoms. The number of benzene rings is 2. The summed E-state index contributed by atoms with van der Waals surface area (Å²) in [5.41, 5.74) is 3.36. The van der Waals surface area contributed by atoms with Gasteiger partial charge in [-0.05, 0) is 79.3 Å². The second-order valence-electron chi connectivity index (χ2n) is 8.20. The number of furan rings is 1. The van der Waals surface area contributed by atoms with Gasteiger partial charge >= 0.3 is 5.97 Å². The zero-order valence-electron chi connectivity index (χ0n) is 19.1. The Balaban J connectivity index is 1.55. The van der Waals surface area contributed by atoms with Crippen LogP contribution in [0.25, 0.3) is 11.3 Å². The van der Waals surface area contributed by atoms with Crippen LogP contribution in [-0.4, -0.2) is 23.2 Å². The Bertz CT molecular complexity index is 1390. The third kappa shape index (κ3) is 4.28. The van der Waals surface area contributed by atoms with Crippen LogP contribution in [0.5, 0.6) is 0 Å². The van der Waals surface area contributed by atoms with Crippen molar-refractivity contribution in [2.75, 3.05) is 12.0 Å². The zero-order valence-corrected chi connectivity index (χ0v) is 19.9. The summed E-state index contributed by atoms with van der Waals surface area (Å²) in [6, 6.07) is 20.8. The number of esters is 1. The fraction of sp³-hybridized carbons (Fsp3) is 0.148. The van der Waals surface area contributed by atoms with E-state index in [-0.39, 0.29) is 17.9 Å². The number of ether oxygens (including phenoxy) is 1. The van der Waals surface area contributed by atoms with Crippen molar-refractivity contribution in [1.82, 2.24) is 10.3 Å². The molecule has 5 rings (SSSR count). The molecule has 1 aliphatic heterocycles. The second-order valence-corrected chi connectivity index (χ2v) is 8.59. The topological polar surface area (TPSA) is 67.6 Å². The number of anilines is 1. The highest BCUT2D eigenvalue weighted by atomic mass is 32.1. The number of aromatic nitrogens is 1. The minimum atomic E-state index is -0.398. The first-order valence-corrected chi connectivity index (χ1v) is 11.4. The van der Waals surface area contributed by atoms with Crippen molar-refractivity contribution in [2.24, 2.45) is 0 Å². The van der Waals surface area contributed by atoms with E-state index in [1.54, 1.807) is 37.4 Å². The molecule has 35 heavy (non-hydrogen) atoms. The Morgan fingerprint density at radius 2 is 1.91 bits per heavy atom. The Morgan fingerprint density at radius 1 is 1.11 bits per heavy atom. The van der Waals surface area contributed by atoms with Gasteiger partial charge in [-0.3, -0.25) is 4.98 Å². The molecular formula is C27H22FN3O3S. The number of carbonyl (C=O) groups excluding carboxylic acids is 1. The summed E-state index contributed by atoms with van der Waals surface area (Å²) < 4.78 is 25.1. The molecule has 0 unspecified atom stereocenters. The van der Waals surface area contributed by atoms with E-state index in [0.717, 1.165) is 16.9 Å². The molecule has 0 saturated carbocycles. The lowest BCUT2D eigenvalue weighted by atomic mass is 10.0. The molecule has 2 aromatic carbocycles. The van der Waals surface area contributed by atoms with E-state index >= 15 is 0 Å². The predicted molar refractivity (Wildman–Crippen MR) is 135 cm³/mol. The SMILES string of the molecule is COC(=O)c1ccc(-c2ccc([C@H]3[C@H](c4ccccn4)NC(=S)N3c3ccc(F)c(C)c3)o2)cc1. The maximum Gasteiger partial charge on any atom is 0.337 e. The summed E-state index contributed by atoms with van der Waals surface area (Å²) >= 11 is 5.71. The number of methoxy groups -OCH3 is 1. The molecule has 2 atom stereocenters. The van der Waals surface area contributed by atoms with E-state index in [2.05, 4.69) is 10.3 Å². The van der Waals surface area contributed by atoms with E-state index < -0.39 is 5.97 Å². The van der Waals surface area contributed by atoms with Crippen molar-refractivity contribution in [3.63, 3.8) is 0 Å². The van der Waals surface area contributed by atoms with Gasteiger partial charge < -0.3 is 19.4 Å². The summed E-state index contributed by atoms with van der Waals surface area (Å²) in [5.74, 6) is 0.636. The largest absolute Gasteiger partial charge is 0.465 e. The summed E-state index contributed by atoms with van der Waals surface area (Å²) in [5, 5.41) is 3.86. The van der Waals surface area contributed by atoms with Gasteiger partial charge in [-0.1, -0.05) is 18.2 Å². The van der Waals surface area contributed by atoms with Gasteiger partial charge in [-0.2, -0.15) is 0 Å². The van der Waals surface area contributed by atoms with Crippen LogP contribution in [0.2, 0.25) is 0 Å². The molecule has 1 fully saturated rings. The maximum atomic E-state index is 14.0. The summed E-state index contributed by atoms with van der Waals surface area (Å²) in [6.07, 6.45) is 1.73. The van der Waals surface area contributed by atoms with Crippen molar-refractivity contribution < 1.29 is 18.3 Å². The normalized spacial score (nSPS) is 17.3. The molecule has 6 nitrogen and oxygen atoms in total. The number of hydrogen-bond acceptors (Lipinski definition) is 5. The van der Waals surface area contributed by atoms with Crippen molar-refractivity contribution in [2.45, 2.75) is 19.0 Å². The average Bonchev–Trinajstić information content (AvgIpc) is 3.50. The third-order valence-corrected chi connectivity index (χ3v) is 6.34. The van der Waals surface area contributed by atoms with E-state index in [9.17, 15) is 9.18 Å². The Morgan fingerprint density at radius 3 is 2.60 bits per heavy atom.